The Morgan fingerprint density at radius 3 is 2.29 bits per heavy atom. The summed E-state index contributed by atoms with van der Waals surface area (Å²) >= 11 is 0. The number of amides is 3. The number of piperazine rings is 1. The number of alkyl halides is 3. The van der Waals surface area contributed by atoms with Gasteiger partial charge in [-0.3, -0.25) is 9.69 Å². The van der Waals surface area contributed by atoms with E-state index in [-0.39, 0.29) is 25.1 Å². The minimum Gasteiger partial charge on any atom is -0.367 e. The second-order valence-corrected chi connectivity index (χ2v) is 8.41. The summed E-state index contributed by atoms with van der Waals surface area (Å²) in [7, 11) is 0. The smallest absolute Gasteiger partial charge is 0.367 e. The maximum Gasteiger partial charge on any atom is 0.411 e. The monoisotopic (exact) mass is 492 g/mol. The van der Waals surface area contributed by atoms with Crippen LogP contribution in [0.2, 0.25) is 0 Å². The Bertz CT molecular complexity index is 975. The van der Waals surface area contributed by atoms with Crippen molar-refractivity contribution < 1.29 is 27.5 Å². The van der Waals surface area contributed by atoms with E-state index in [4.69, 9.17) is 0 Å². The summed E-state index contributed by atoms with van der Waals surface area (Å²) in [6.07, 6.45) is -3.51. The van der Waals surface area contributed by atoms with Crippen LogP contribution in [0.1, 0.15) is 23.6 Å². The normalized spacial score (nSPS) is 14.6. The standard InChI is InChI=1S/C25H31F3N4O3/c1-2-21-5-3-4-6-22(21)30-23(33)16-31-11-13-32(14-12-31)24(34)29-15-19-7-9-20(10-8-19)17-35-18-25(26,27)28/h3-10H,2,11-18H2,1H3,(H,29,34)(H,30,33). The zero-order valence-electron chi connectivity index (χ0n) is 19.7. The van der Waals surface area contributed by atoms with E-state index < -0.39 is 12.8 Å². The molecule has 0 radical (unpaired) electrons. The lowest BCUT2D eigenvalue weighted by Crippen LogP contribution is -2.52. The van der Waals surface area contributed by atoms with E-state index in [0.29, 0.717) is 38.3 Å². The molecule has 2 aromatic carbocycles. The van der Waals surface area contributed by atoms with Crippen LogP contribution in [0.5, 0.6) is 0 Å². The first-order valence-electron chi connectivity index (χ1n) is 11.6. The van der Waals surface area contributed by atoms with Crippen molar-refractivity contribution in [2.24, 2.45) is 0 Å². The number of benzene rings is 2. The van der Waals surface area contributed by atoms with Gasteiger partial charge in [0.1, 0.15) is 6.61 Å². The molecule has 0 bridgehead atoms. The van der Waals surface area contributed by atoms with Crippen LogP contribution >= 0.6 is 0 Å². The summed E-state index contributed by atoms with van der Waals surface area (Å²) in [4.78, 5) is 28.7. The van der Waals surface area contributed by atoms with Gasteiger partial charge in [-0.15, -0.1) is 0 Å². The molecule has 0 aliphatic carbocycles. The molecule has 1 aliphatic rings. The Labute approximate surface area is 203 Å². The third-order valence-electron chi connectivity index (χ3n) is 5.70. The summed E-state index contributed by atoms with van der Waals surface area (Å²) < 4.78 is 41.1. The first-order chi connectivity index (χ1) is 16.7. The first kappa shape index (κ1) is 26.5. The van der Waals surface area contributed by atoms with E-state index in [1.54, 1.807) is 29.2 Å². The summed E-state index contributed by atoms with van der Waals surface area (Å²) in [5.74, 6) is -0.0731. The molecule has 3 amide bonds. The molecule has 2 N–H and O–H groups in total. The number of nitrogens with zero attached hydrogens (tertiary/aromatic N) is 2. The van der Waals surface area contributed by atoms with Crippen LogP contribution in [0.25, 0.3) is 0 Å². The fraction of sp³-hybridized carbons (Fsp3) is 0.440. The van der Waals surface area contributed by atoms with Gasteiger partial charge in [-0.2, -0.15) is 13.2 Å². The highest BCUT2D eigenvalue weighted by Gasteiger charge is 2.27. The molecule has 2 aromatic rings. The molecule has 0 saturated carbocycles. The van der Waals surface area contributed by atoms with Crippen molar-refractivity contribution in [3.8, 4) is 0 Å². The molecule has 190 valence electrons. The zero-order chi connectivity index (χ0) is 25.3. The Balaban J connectivity index is 1.36. The van der Waals surface area contributed by atoms with Crippen molar-refractivity contribution in [3.05, 3.63) is 65.2 Å². The Morgan fingerprint density at radius 1 is 0.971 bits per heavy atom. The van der Waals surface area contributed by atoms with Crippen LogP contribution in [-0.2, 0) is 29.1 Å². The first-order valence-corrected chi connectivity index (χ1v) is 11.6. The third kappa shape index (κ3) is 8.88. The van der Waals surface area contributed by atoms with Gasteiger partial charge in [0.15, 0.2) is 0 Å². The van der Waals surface area contributed by atoms with Crippen molar-refractivity contribution in [2.75, 3.05) is 44.6 Å². The molecular formula is C25H31F3N4O3. The molecule has 0 aromatic heterocycles. The van der Waals surface area contributed by atoms with Crippen molar-refractivity contribution >= 4 is 17.6 Å². The molecule has 7 nitrogen and oxygen atoms in total. The number of rotatable bonds is 9. The Morgan fingerprint density at radius 2 is 1.63 bits per heavy atom. The summed E-state index contributed by atoms with van der Waals surface area (Å²) in [6, 6.07) is 14.4. The molecule has 1 heterocycles. The van der Waals surface area contributed by atoms with Crippen LogP contribution in [0.4, 0.5) is 23.7 Å². The number of urea groups is 1. The SMILES string of the molecule is CCc1ccccc1NC(=O)CN1CCN(C(=O)NCc2ccc(COCC(F)(F)F)cc2)CC1. The van der Waals surface area contributed by atoms with E-state index in [9.17, 15) is 22.8 Å². The fourth-order valence-corrected chi connectivity index (χ4v) is 3.78. The predicted octanol–water partition coefficient (Wildman–Crippen LogP) is 3.79. The number of anilines is 1. The van der Waals surface area contributed by atoms with Gasteiger partial charge in [-0.25, -0.2) is 4.79 Å². The molecule has 10 heteroatoms. The highest BCUT2D eigenvalue weighted by molar-refractivity contribution is 5.93. The lowest BCUT2D eigenvalue weighted by atomic mass is 10.1. The summed E-state index contributed by atoms with van der Waals surface area (Å²) in [6.45, 7) is 3.44. The number of carbonyl (C=O) groups is 2. The summed E-state index contributed by atoms with van der Waals surface area (Å²) in [5, 5.41) is 5.83. The lowest BCUT2D eigenvalue weighted by molar-refractivity contribution is -0.176. The van der Waals surface area contributed by atoms with Gasteiger partial charge in [0.25, 0.3) is 0 Å². The minimum atomic E-state index is -4.34. The van der Waals surface area contributed by atoms with Crippen molar-refractivity contribution in [1.82, 2.24) is 15.1 Å². The average molecular weight is 493 g/mol. The molecule has 1 saturated heterocycles. The topological polar surface area (TPSA) is 73.9 Å². The van der Waals surface area contributed by atoms with Crippen LogP contribution in [0.3, 0.4) is 0 Å². The second-order valence-electron chi connectivity index (χ2n) is 8.41. The van der Waals surface area contributed by atoms with Gasteiger partial charge >= 0.3 is 12.2 Å². The largest absolute Gasteiger partial charge is 0.411 e. The number of carbonyl (C=O) groups excluding carboxylic acids is 2. The second kappa shape index (κ2) is 12.6. The van der Waals surface area contributed by atoms with E-state index in [1.807, 2.05) is 36.1 Å². The average Bonchev–Trinajstić information content (AvgIpc) is 2.83. The Hall–Kier alpha value is -3.11. The number of hydrogen-bond donors (Lipinski definition) is 2. The number of ether oxygens (including phenoxy) is 1. The fourth-order valence-electron chi connectivity index (χ4n) is 3.78. The molecule has 35 heavy (non-hydrogen) atoms. The van der Waals surface area contributed by atoms with E-state index in [2.05, 4.69) is 15.4 Å². The highest BCUT2D eigenvalue weighted by Crippen LogP contribution is 2.17. The van der Waals surface area contributed by atoms with Crippen molar-refractivity contribution in [2.45, 2.75) is 32.7 Å². The summed E-state index contributed by atoms with van der Waals surface area (Å²) in [5.41, 5.74) is 3.38. The molecular weight excluding hydrogens is 461 g/mol. The van der Waals surface area contributed by atoms with E-state index in [1.165, 1.54) is 0 Å². The van der Waals surface area contributed by atoms with Gasteiger partial charge in [-0.1, -0.05) is 49.4 Å². The minimum absolute atomic E-state index is 0.0731. The van der Waals surface area contributed by atoms with Gasteiger partial charge in [0.05, 0.1) is 13.2 Å². The number of hydrogen-bond acceptors (Lipinski definition) is 4. The van der Waals surface area contributed by atoms with E-state index in [0.717, 1.165) is 23.2 Å². The number of halogens is 3. The van der Waals surface area contributed by atoms with Gasteiger partial charge < -0.3 is 20.3 Å². The predicted molar refractivity (Wildman–Crippen MR) is 127 cm³/mol. The number of aryl methyl sites for hydroxylation is 1. The third-order valence-corrected chi connectivity index (χ3v) is 5.70. The highest BCUT2D eigenvalue weighted by atomic mass is 19.4. The zero-order valence-corrected chi connectivity index (χ0v) is 19.7. The van der Waals surface area contributed by atoms with E-state index >= 15 is 0 Å². The van der Waals surface area contributed by atoms with Gasteiger partial charge in [-0.05, 0) is 29.2 Å². The number of nitrogens with one attached hydrogen (secondary N) is 2. The van der Waals surface area contributed by atoms with Crippen LogP contribution in [-0.4, -0.2) is 67.2 Å². The molecule has 1 aliphatic heterocycles. The quantitative estimate of drug-likeness (QED) is 0.559. The van der Waals surface area contributed by atoms with Crippen LogP contribution in [0.15, 0.2) is 48.5 Å². The van der Waals surface area contributed by atoms with Crippen molar-refractivity contribution in [1.29, 1.82) is 0 Å². The van der Waals surface area contributed by atoms with Crippen LogP contribution < -0.4 is 10.6 Å². The number of para-hydroxylation sites is 1. The molecule has 0 unspecified atom stereocenters. The van der Waals surface area contributed by atoms with Gasteiger partial charge in [0.2, 0.25) is 5.91 Å². The molecule has 1 fully saturated rings. The maximum absolute atomic E-state index is 12.5. The van der Waals surface area contributed by atoms with Crippen LogP contribution in [0, 0.1) is 0 Å². The Kier molecular flexibility index (Phi) is 9.50. The van der Waals surface area contributed by atoms with Crippen molar-refractivity contribution in [3.63, 3.8) is 0 Å². The molecule has 3 rings (SSSR count). The maximum atomic E-state index is 12.5. The molecule has 0 atom stereocenters. The molecule has 0 spiro atoms. The lowest BCUT2D eigenvalue weighted by Gasteiger charge is -2.34. The van der Waals surface area contributed by atoms with Gasteiger partial charge in [0, 0.05) is 38.4 Å².